The summed E-state index contributed by atoms with van der Waals surface area (Å²) in [6.07, 6.45) is 1.40. The fourth-order valence-corrected chi connectivity index (χ4v) is 3.07. The van der Waals surface area contributed by atoms with Gasteiger partial charge in [-0.3, -0.25) is 9.00 Å². The minimum Gasteiger partial charge on any atom is -0.321 e. The summed E-state index contributed by atoms with van der Waals surface area (Å²) in [7, 11) is -1.40. The van der Waals surface area contributed by atoms with Crippen molar-refractivity contribution in [1.82, 2.24) is 4.98 Å². The summed E-state index contributed by atoms with van der Waals surface area (Å²) in [6, 6.07) is 4.08. The Balaban J connectivity index is 2.15. The summed E-state index contributed by atoms with van der Waals surface area (Å²) in [5.41, 5.74) is 0.623. The van der Waals surface area contributed by atoms with E-state index in [0.29, 0.717) is 11.4 Å². The molecular weight excluding hydrogens is 311 g/mol. The Morgan fingerprint density at radius 1 is 1.43 bits per heavy atom. The number of anilines is 1. The van der Waals surface area contributed by atoms with Crippen LogP contribution in [0, 0.1) is 5.82 Å². The van der Waals surface area contributed by atoms with Crippen molar-refractivity contribution in [3.05, 3.63) is 40.1 Å². The molecule has 0 radical (unpaired) electrons. The average molecular weight is 326 g/mol. The molecule has 112 valence electrons. The molecule has 2 aromatic rings. The maximum atomic E-state index is 13.7. The smallest absolute Gasteiger partial charge is 0.275 e. The molecule has 21 heavy (non-hydrogen) atoms. The minimum atomic E-state index is -1.40. The fourth-order valence-electron chi connectivity index (χ4n) is 1.66. The third kappa shape index (κ3) is 3.74. The highest BCUT2D eigenvalue weighted by Gasteiger charge is 2.14. The van der Waals surface area contributed by atoms with Gasteiger partial charge in [-0.1, -0.05) is 13.8 Å². The Morgan fingerprint density at radius 2 is 2.14 bits per heavy atom. The van der Waals surface area contributed by atoms with E-state index in [1.165, 1.54) is 29.7 Å². The predicted molar refractivity (Wildman–Crippen MR) is 82.9 cm³/mol. The van der Waals surface area contributed by atoms with Gasteiger partial charge in [0.05, 0.1) is 20.7 Å². The molecule has 4 nitrogen and oxygen atoms in total. The van der Waals surface area contributed by atoms with E-state index in [0.717, 1.165) is 11.1 Å². The van der Waals surface area contributed by atoms with Gasteiger partial charge in [0.25, 0.3) is 5.91 Å². The molecule has 0 saturated carbocycles. The van der Waals surface area contributed by atoms with E-state index in [1.54, 1.807) is 5.38 Å². The zero-order valence-corrected chi connectivity index (χ0v) is 13.5. The highest BCUT2D eigenvalue weighted by atomic mass is 32.2. The van der Waals surface area contributed by atoms with Crippen LogP contribution >= 0.6 is 11.3 Å². The number of nitrogens with one attached hydrogen (secondary N) is 1. The Kier molecular flexibility index (Phi) is 4.84. The van der Waals surface area contributed by atoms with Crippen LogP contribution in [0.3, 0.4) is 0 Å². The second-order valence-corrected chi connectivity index (χ2v) is 7.02. The van der Waals surface area contributed by atoms with Crippen LogP contribution in [-0.4, -0.2) is 21.4 Å². The van der Waals surface area contributed by atoms with Gasteiger partial charge in [-0.25, -0.2) is 9.37 Å². The van der Waals surface area contributed by atoms with Crippen LogP contribution in [-0.2, 0) is 10.8 Å². The van der Waals surface area contributed by atoms with Crippen LogP contribution in [0.25, 0.3) is 0 Å². The summed E-state index contributed by atoms with van der Waals surface area (Å²) in [5, 5.41) is 5.14. The van der Waals surface area contributed by atoms with Gasteiger partial charge in [0, 0.05) is 23.2 Å². The van der Waals surface area contributed by atoms with Gasteiger partial charge >= 0.3 is 0 Å². The van der Waals surface area contributed by atoms with Gasteiger partial charge in [0.15, 0.2) is 0 Å². The monoisotopic (exact) mass is 326 g/mol. The topological polar surface area (TPSA) is 59.1 Å². The van der Waals surface area contributed by atoms with E-state index in [9.17, 15) is 13.4 Å². The van der Waals surface area contributed by atoms with Crippen molar-refractivity contribution >= 4 is 33.7 Å². The molecular formula is C14H15FN2O2S2. The second-order valence-electron chi connectivity index (χ2n) is 4.78. The highest BCUT2D eigenvalue weighted by molar-refractivity contribution is 7.84. The molecule has 0 aliphatic rings. The number of aromatic nitrogens is 1. The highest BCUT2D eigenvalue weighted by Crippen LogP contribution is 2.21. The molecule has 1 heterocycles. The zero-order valence-electron chi connectivity index (χ0n) is 11.8. The Labute approximate surface area is 128 Å². The van der Waals surface area contributed by atoms with Crippen LogP contribution in [0.15, 0.2) is 28.5 Å². The van der Waals surface area contributed by atoms with Crippen molar-refractivity contribution in [2.75, 3.05) is 11.6 Å². The third-order valence-corrected chi connectivity index (χ3v) is 4.84. The lowest BCUT2D eigenvalue weighted by Crippen LogP contribution is -2.13. The van der Waals surface area contributed by atoms with E-state index in [1.807, 2.05) is 13.8 Å². The van der Waals surface area contributed by atoms with E-state index in [-0.39, 0.29) is 16.7 Å². The molecule has 1 amide bonds. The number of hydrogen-bond donors (Lipinski definition) is 1. The van der Waals surface area contributed by atoms with Crippen LogP contribution in [0.4, 0.5) is 10.1 Å². The molecule has 1 aromatic carbocycles. The van der Waals surface area contributed by atoms with Crippen molar-refractivity contribution in [2.45, 2.75) is 24.7 Å². The summed E-state index contributed by atoms with van der Waals surface area (Å²) in [5.74, 6) is -0.731. The van der Waals surface area contributed by atoms with Crippen molar-refractivity contribution < 1.29 is 13.4 Å². The number of hydrogen-bond acceptors (Lipinski definition) is 4. The number of rotatable bonds is 4. The molecule has 0 spiro atoms. The SMILES string of the molecule is CC(C)c1nc(C(=O)Nc2ccc([S@](C)=O)c(F)c2)cs1. The number of halogens is 1. The first-order valence-electron chi connectivity index (χ1n) is 6.28. The standard InChI is InChI=1S/C14H15FN2O2S2/c1-8(2)14-17-11(7-20-14)13(18)16-9-4-5-12(21(3)19)10(15)6-9/h4-8H,1-3H3,(H,16,18)/t21-/m0/s1. The summed E-state index contributed by atoms with van der Waals surface area (Å²) in [4.78, 5) is 16.4. The Morgan fingerprint density at radius 3 is 2.67 bits per heavy atom. The van der Waals surface area contributed by atoms with Crippen molar-refractivity contribution in [1.29, 1.82) is 0 Å². The first-order chi connectivity index (χ1) is 9.88. The van der Waals surface area contributed by atoms with Gasteiger partial charge < -0.3 is 5.32 Å². The quantitative estimate of drug-likeness (QED) is 0.937. The Bertz CT molecular complexity index is 698. The van der Waals surface area contributed by atoms with Gasteiger partial charge in [0.2, 0.25) is 0 Å². The molecule has 0 aliphatic heterocycles. The van der Waals surface area contributed by atoms with Crippen LogP contribution in [0.2, 0.25) is 0 Å². The summed E-state index contributed by atoms with van der Waals surface area (Å²) < 4.78 is 25.0. The molecule has 0 bridgehead atoms. The Hall–Kier alpha value is -1.60. The van der Waals surface area contributed by atoms with Gasteiger partial charge in [0.1, 0.15) is 11.5 Å². The maximum absolute atomic E-state index is 13.7. The van der Waals surface area contributed by atoms with E-state index in [4.69, 9.17) is 0 Å². The molecule has 0 aliphatic carbocycles. The number of nitrogens with zero attached hydrogens (tertiary/aromatic N) is 1. The number of carbonyl (C=O) groups excluding carboxylic acids is 1. The molecule has 1 atom stereocenters. The van der Waals surface area contributed by atoms with Gasteiger partial charge in [-0.2, -0.15) is 0 Å². The van der Waals surface area contributed by atoms with Crippen molar-refractivity contribution in [2.24, 2.45) is 0 Å². The molecule has 0 fully saturated rings. The lowest BCUT2D eigenvalue weighted by molar-refractivity contribution is 0.102. The molecule has 0 saturated heterocycles. The van der Waals surface area contributed by atoms with Crippen LogP contribution in [0.1, 0.15) is 35.3 Å². The third-order valence-electron chi connectivity index (χ3n) is 2.75. The minimum absolute atomic E-state index is 0.115. The summed E-state index contributed by atoms with van der Waals surface area (Å²) in [6.45, 7) is 4.00. The predicted octanol–water partition coefficient (Wildman–Crippen LogP) is 3.40. The lowest BCUT2D eigenvalue weighted by atomic mass is 10.2. The lowest BCUT2D eigenvalue weighted by Gasteiger charge is -2.05. The van der Waals surface area contributed by atoms with Crippen molar-refractivity contribution in [3.63, 3.8) is 0 Å². The van der Waals surface area contributed by atoms with Crippen molar-refractivity contribution in [3.8, 4) is 0 Å². The van der Waals surface area contributed by atoms with Gasteiger partial charge in [-0.15, -0.1) is 11.3 Å². The largest absolute Gasteiger partial charge is 0.321 e. The van der Waals surface area contributed by atoms with E-state index >= 15 is 0 Å². The first kappa shape index (κ1) is 15.8. The molecule has 2 rings (SSSR count). The molecule has 7 heteroatoms. The fraction of sp³-hybridized carbons (Fsp3) is 0.286. The molecule has 0 unspecified atom stereocenters. The zero-order chi connectivity index (χ0) is 15.6. The molecule has 1 aromatic heterocycles. The van der Waals surface area contributed by atoms with Crippen LogP contribution < -0.4 is 5.32 Å². The molecule has 1 N–H and O–H groups in total. The number of benzene rings is 1. The van der Waals surface area contributed by atoms with Gasteiger partial charge in [-0.05, 0) is 18.2 Å². The summed E-state index contributed by atoms with van der Waals surface area (Å²) >= 11 is 1.42. The van der Waals surface area contributed by atoms with Crippen LogP contribution in [0.5, 0.6) is 0 Å². The van der Waals surface area contributed by atoms with E-state index in [2.05, 4.69) is 10.3 Å². The number of amides is 1. The first-order valence-corrected chi connectivity index (χ1v) is 8.72. The van der Waals surface area contributed by atoms with E-state index < -0.39 is 16.6 Å². The normalized spacial score (nSPS) is 12.4. The second kappa shape index (κ2) is 6.44. The average Bonchev–Trinajstić information content (AvgIpc) is 2.88. The maximum Gasteiger partial charge on any atom is 0.275 e. The number of carbonyl (C=O) groups is 1. The number of thiazole rings is 1.